The van der Waals surface area contributed by atoms with Gasteiger partial charge in [0.05, 0.1) is 12.8 Å². The van der Waals surface area contributed by atoms with Crippen molar-refractivity contribution in [3.63, 3.8) is 0 Å². The zero-order chi connectivity index (χ0) is 15.7. The van der Waals surface area contributed by atoms with Crippen molar-refractivity contribution in [2.45, 2.75) is 20.3 Å². The highest BCUT2D eigenvalue weighted by Crippen LogP contribution is 2.22. The number of methoxy groups -OCH3 is 1. The molecule has 0 N–H and O–H groups in total. The zero-order valence-corrected chi connectivity index (χ0v) is 13.0. The van der Waals surface area contributed by atoms with E-state index in [2.05, 4.69) is 4.98 Å². The van der Waals surface area contributed by atoms with E-state index in [9.17, 15) is 4.79 Å². The Labute approximate surface area is 129 Å². The maximum Gasteiger partial charge on any atom is 0.211 e. The number of hydrogen-bond acceptors (Lipinski definition) is 3. The summed E-state index contributed by atoms with van der Waals surface area (Å²) < 4.78 is 7.12. The van der Waals surface area contributed by atoms with Crippen LogP contribution in [0.25, 0.3) is 5.65 Å². The molecule has 0 aliphatic carbocycles. The van der Waals surface area contributed by atoms with E-state index in [1.807, 2.05) is 54.8 Å². The number of pyridine rings is 1. The third kappa shape index (κ3) is 2.26. The lowest BCUT2D eigenvalue weighted by Crippen LogP contribution is -2.08. The highest BCUT2D eigenvalue weighted by Gasteiger charge is 2.20. The van der Waals surface area contributed by atoms with Gasteiger partial charge < -0.3 is 4.74 Å². The first-order valence-corrected chi connectivity index (χ1v) is 7.31. The number of rotatable bonds is 4. The molecule has 0 amide bonds. The Kier molecular flexibility index (Phi) is 3.67. The van der Waals surface area contributed by atoms with Crippen LogP contribution < -0.4 is 4.74 Å². The predicted octanol–water partition coefficient (Wildman–Crippen LogP) is 3.44. The molecule has 3 aromatic rings. The van der Waals surface area contributed by atoms with E-state index in [4.69, 9.17) is 4.74 Å². The molecule has 0 unspecified atom stereocenters. The topological polar surface area (TPSA) is 43.6 Å². The first-order chi connectivity index (χ1) is 10.7. The number of imidazole rings is 1. The smallest absolute Gasteiger partial charge is 0.211 e. The molecule has 2 aromatic heterocycles. The van der Waals surface area contributed by atoms with Crippen molar-refractivity contribution >= 4 is 11.4 Å². The number of nitrogens with zero attached hydrogens (tertiary/aromatic N) is 2. The molecule has 0 spiro atoms. The van der Waals surface area contributed by atoms with Gasteiger partial charge in [0.2, 0.25) is 5.78 Å². The zero-order valence-electron chi connectivity index (χ0n) is 13.0. The van der Waals surface area contributed by atoms with Crippen LogP contribution >= 0.6 is 0 Å². The Hall–Kier alpha value is -2.62. The Bertz CT molecular complexity index is 849. The summed E-state index contributed by atoms with van der Waals surface area (Å²) in [7, 11) is 1.63. The van der Waals surface area contributed by atoms with Gasteiger partial charge in [0.25, 0.3) is 0 Å². The molecule has 4 nitrogen and oxygen atoms in total. The van der Waals surface area contributed by atoms with E-state index in [1.165, 1.54) is 0 Å². The van der Waals surface area contributed by atoms with Gasteiger partial charge >= 0.3 is 0 Å². The highest BCUT2D eigenvalue weighted by atomic mass is 16.5. The van der Waals surface area contributed by atoms with Gasteiger partial charge in [0.15, 0.2) is 0 Å². The molecular weight excluding hydrogens is 276 g/mol. The van der Waals surface area contributed by atoms with E-state index < -0.39 is 0 Å². The van der Waals surface area contributed by atoms with Crippen LogP contribution in [-0.4, -0.2) is 22.3 Å². The predicted molar refractivity (Wildman–Crippen MR) is 85.7 cm³/mol. The standard InChI is InChI=1S/C18H18N2O2/c1-4-14-17(20-10-6-5-7-16(20)19-14)18(21)13-8-9-15(22-3)12(2)11-13/h5-11H,4H2,1-3H3. The van der Waals surface area contributed by atoms with Crippen molar-refractivity contribution in [2.75, 3.05) is 7.11 Å². The second-order valence-corrected chi connectivity index (χ2v) is 5.20. The summed E-state index contributed by atoms with van der Waals surface area (Å²) in [4.78, 5) is 17.5. The van der Waals surface area contributed by atoms with Gasteiger partial charge in [-0.1, -0.05) is 13.0 Å². The summed E-state index contributed by atoms with van der Waals surface area (Å²) in [5.74, 6) is 0.770. The number of hydrogen-bond donors (Lipinski definition) is 0. The molecule has 0 fully saturated rings. The fourth-order valence-corrected chi connectivity index (χ4v) is 2.69. The summed E-state index contributed by atoms with van der Waals surface area (Å²) in [6, 6.07) is 11.2. The van der Waals surface area contributed by atoms with E-state index in [0.29, 0.717) is 11.3 Å². The average Bonchev–Trinajstić information content (AvgIpc) is 2.92. The number of ketones is 1. The Morgan fingerprint density at radius 2 is 2.09 bits per heavy atom. The molecule has 3 rings (SSSR count). The lowest BCUT2D eigenvalue weighted by molar-refractivity contribution is 0.103. The van der Waals surface area contributed by atoms with Crippen molar-refractivity contribution in [2.24, 2.45) is 0 Å². The van der Waals surface area contributed by atoms with Gasteiger partial charge in [-0.3, -0.25) is 9.20 Å². The average molecular weight is 294 g/mol. The molecule has 1 aromatic carbocycles. The van der Waals surface area contributed by atoms with Crippen molar-refractivity contribution in [3.8, 4) is 5.75 Å². The lowest BCUT2D eigenvalue weighted by atomic mass is 10.0. The van der Waals surface area contributed by atoms with E-state index in [1.54, 1.807) is 13.2 Å². The first kappa shape index (κ1) is 14.3. The molecule has 0 atom stereocenters. The Morgan fingerprint density at radius 1 is 1.27 bits per heavy atom. The van der Waals surface area contributed by atoms with Gasteiger partial charge in [-0.05, 0) is 49.2 Å². The van der Waals surface area contributed by atoms with E-state index in [0.717, 1.165) is 29.1 Å². The molecule has 4 heteroatoms. The summed E-state index contributed by atoms with van der Waals surface area (Å²) >= 11 is 0. The minimum absolute atomic E-state index is 0.0127. The van der Waals surface area contributed by atoms with Gasteiger partial charge in [-0.25, -0.2) is 4.98 Å². The largest absolute Gasteiger partial charge is 0.496 e. The van der Waals surface area contributed by atoms with Crippen LogP contribution in [0.1, 0.15) is 34.2 Å². The van der Waals surface area contributed by atoms with Crippen LogP contribution in [0.3, 0.4) is 0 Å². The fourth-order valence-electron chi connectivity index (χ4n) is 2.69. The van der Waals surface area contributed by atoms with Gasteiger partial charge in [0, 0.05) is 11.8 Å². The number of aryl methyl sites for hydroxylation is 2. The molecule has 0 aliphatic heterocycles. The van der Waals surface area contributed by atoms with Crippen molar-refractivity contribution in [1.82, 2.24) is 9.38 Å². The number of fused-ring (bicyclic) bond motifs is 1. The second kappa shape index (κ2) is 5.64. The third-order valence-electron chi connectivity index (χ3n) is 3.81. The molecule has 112 valence electrons. The van der Waals surface area contributed by atoms with Crippen molar-refractivity contribution in [1.29, 1.82) is 0 Å². The summed E-state index contributed by atoms with van der Waals surface area (Å²) in [6.07, 6.45) is 2.60. The molecule has 2 heterocycles. The number of carbonyl (C=O) groups excluding carboxylic acids is 1. The maximum absolute atomic E-state index is 13.0. The van der Waals surface area contributed by atoms with Crippen LogP contribution in [-0.2, 0) is 6.42 Å². The minimum atomic E-state index is -0.0127. The molecule has 0 radical (unpaired) electrons. The van der Waals surface area contributed by atoms with E-state index in [-0.39, 0.29) is 5.78 Å². The van der Waals surface area contributed by atoms with Crippen LogP contribution in [0.15, 0.2) is 42.6 Å². The quantitative estimate of drug-likeness (QED) is 0.692. The number of ether oxygens (including phenoxy) is 1. The Balaban J connectivity index is 2.14. The molecule has 0 bridgehead atoms. The van der Waals surface area contributed by atoms with Crippen LogP contribution in [0, 0.1) is 6.92 Å². The van der Waals surface area contributed by atoms with Crippen LogP contribution in [0.2, 0.25) is 0 Å². The van der Waals surface area contributed by atoms with Crippen molar-refractivity contribution < 1.29 is 9.53 Å². The van der Waals surface area contributed by atoms with Crippen molar-refractivity contribution in [3.05, 3.63) is 65.1 Å². The Morgan fingerprint density at radius 3 is 2.77 bits per heavy atom. The highest BCUT2D eigenvalue weighted by molar-refractivity contribution is 6.09. The van der Waals surface area contributed by atoms with Crippen LogP contribution in [0.5, 0.6) is 5.75 Å². The number of aromatic nitrogens is 2. The maximum atomic E-state index is 13.0. The van der Waals surface area contributed by atoms with E-state index >= 15 is 0 Å². The van der Waals surface area contributed by atoms with Gasteiger partial charge in [0.1, 0.15) is 17.1 Å². The third-order valence-corrected chi connectivity index (χ3v) is 3.81. The van der Waals surface area contributed by atoms with Crippen LogP contribution in [0.4, 0.5) is 0 Å². The summed E-state index contributed by atoms with van der Waals surface area (Å²) in [5, 5.41) is 0. The van der Waals surface area contributed by atoms with Gasteiger partial charge in [-0.2, -0.15) is 0 Å². The number of carbonyl (C=O) groups is 1. The second-order valence-electron chi connectivity index (χ2n) is 5.20. The molecular formula is C18H18N2O2. The normalized spacial score (nSPS) is 10.9. The number of benzene rings is 1. The molecule has 0 saturated carbocycles. The monoisotopic (exact) mass is 294 g/mol. The summed E-state index contributed by atoms with van der Waals surface area (Å²) in [5.41, 5.74) is 3.86. The van der Waals surface area contributed by atoms with Gasteiger partial charge in [-0.15, -0.1) is 0 Å². The summed E-state index contributed by atoms with van der Waals surface area (Å²) in [6.45, 7) is 3.95. The molecule has 22 heavy (non-hydrogen) atoms. The fraction of sp³-hybridized carbons (Fsp3) is 0.222. The minimum Gasteiger partial charge on any atom is -0.496 e. The molecule has 0 aliphatic rings. The molecule has 0 saturated heterocycles. The lowest BCUT2D eigenvalue weighted by Gasteiger charge is -2.08. The first-order valence-electron chi connectivity index (χ1n) is 7.31. The SMILES string of the molecule is CCc1nc2ccccn2c1C(=O)c1ccc(OC)c(C)c1.